The molecule has 1 amide bonds. The monoisotopic (exact) mass is 344 g/mol. The molecule has 0 bridgehead atoms. The molecule has 0 aromatic heterocycles. The van der Waals surface area contributed by atoms with Crippen LogP contribution in [0.1, 0.15) is 50.5 Å². The summed E-state index contributed by atoms with van der Waals surface area (Å²) < 4.78 is 5.72. The second kappa shape index (κ2) is 9.23. The summed E-state index contributed by atoms with van der Waals surface area (Å²) in [6, 6.07) is 8.30. The Morgan fingerprint density at radius 2 is 1.76 bits per heavy atom. The lowest BCUT2D eigenvalue weighted by molar-refractivity contribution is -0.137. The smallest absolute Gasteiger partial charge is 0.260 e. The highest BCUT2D eigenvalue weighted by Crippen LogP contribution is 2.21. The van der Waals surface area contributed by atoms with Crippen LogP contribution >= 0.6 is 0 Å². The van der Waals surface area contributed by atoms with Gasteiger partial charge < -0.3 is 14.5 Å². The maximum atomic E-state index is 12.7. The van der Waals surface area contributed by atoms with E-state index in [4.69, 9.17) is 4.74 Å². The molecule has 25 heavy (non-hydrogen) atoms. The highest BCUT2D eigenvalue weighted by atomic mass is 16.5. The van der Waals surface area contributed by atoms with Crippen molar-refractivity contribution in [3.8, 4) is 5.75 Å². The molecule has 4 nitrogen and oxygen atoms in total. The molecule has 2 aliphatic heterocycles. The Morgan fingerprint density at radius 1 is 1.04 bits per heavy atom. The van der Waals surface area contributed by atoms with Crippen LogP contribution < -0.4 is 4.74 Å². The molecule has 0 saturated carbocycles. The number of carbonyl (C=O) groups excluding carboxylic acids is 1. The van der Waals surface area contributed by atoms with E-state index < -0.39 is 0 Å². The van der Waals surface area contributed by atoms with E-state index in [1.165, 1.54) is 44.3 Å². The number of aryl methyl sites for hydroxylation is 1. The fourth-order valence-electron chi connectivity index (χ4n) is 4.01. The fraction of sp³-hybridized carbons (Fsp3) is 0.667. The molecule has 2 heterocycles. The van der Waals surface area contributed by atoms with Gasteiger partial charge in [0.25, 0.3) is 5.91 Å². The van der Waals surface area contributed by atoms with Crippen LogP contribution in [0, 0.1) is 6.92 Å². The van der Waals surface area contributed by atoms with Crippen LogP contribution in [0.5, 0.6) is 5.75 Å². The Hall–Kier alpha value is -1.55. The first-order valence-corrected chi connectivity index (χ1v) is 9.94. The number of amides is 1. The van der Waals surface area contributed by atoms with E-state index in [0.29, 0.717) is 6.04 Å². The first-order valence-electron chi connectivity index (χ1n) is 9.94. The van der Waals surface area contributed by atoms with Gasteiger partial charge in [0.05, 0.1) is 0 Å². The predicted octanol–water partition coefficient (Wildman–Crippen LogP) is 3.63. The minimum absolute atomic E-state index is 0.143. The quantitative estimate of drug-likeness (QED) is 0.790. The van der Waals surface area contributed by atoms with Crippen LogP contribution in [0.15, 0.2) is 24.3 Å². The molecule has 4 heteroatoms. The SMILES string of the molecule is Cc1ccc(OCC(=O)N2CCCC[C@@H]2CCN2CCCCC2)cc1. The van der Waals surface area contributed by atoms with Gasteiger partial charge in [-0.15, -0.1) is 0 Å². The lowest BCUT2D eigenvalue weighted by Crippen LogP contribution is -2.47. The first-order chi connectivity index (χ1) is 12.2. The van der Waals surface area contributed by atoms with Crippen molar-refractivity contribution in [3.63, 3.8) is 0 Å². The third-order valence-corrected chi connectivity index (χ3v) is 5.56. The first kappa shape index (κ1) is 18.2. The van der Waals surface area contributed by atoms with Crippen LogP contribution in [0.25, 0.3) is 0 Å². The standard InChI is InChI=1S/C21H32N2O2/c1-18-8-10-20(11-9-18)25-17-21(24)23-15-6-3-7-19(23)12-16-22-13-4-2-5-14-22/h8-11,19H,2-7,12-17H2,1H3/t19-/m1/s1. The van der Waals surface area contributed by atoms with Gasteiger partial charge in [-0.3, -0.25) is 4.79 Å². The van der Waals surface area contributed by atoms with Crippen LogP contribution in [-0.2, 0) is 4.79 Å². The second-order valence-electron chi connectivity index (χ2n) is 7.53. The highest BCUT2D eigenvalue weighted by molar-refractivity contribution is 5.78. The number of benzene rings is 1. The van der Waals surface area contributed by atoms with Gasteiger partial charge in [-0.25, -0.2) is 0 Å². The minimum Gasteiger partial charge on any atom is -0.484 e. The van der Waals surface area contributed by atoms with E-state index in [9.17, 15) is 4.79 Å². The molecule has 1 aromatic carbocycles. The van der Waals surface area contributed by atoms with Crippen LogP contribution in [0.3, 0.4) is 0 Å². The summed E-state index contributed by atoms with van der Waals surface area (Å²) in [7, 11) is 0. The molecule has 3 rings (SSSR count). The Balaban J connectivity index is 1.48. The molecular weight excluding hydrogens is 312 g/mol. The Labute approximate surface area is 152 Å². The molecule has 0 radical (unpaired) electrons. The zero-order valence-electron chi connectivity index (χ0n) is 15.6. The van der Waals surface area contributed by atoms with Crippen LogP contribution in [0.4, 0.5) is 0 Å². The molecule has 2 fully saturated rings. The number of ether oxygens (including phenoxy) is 1. The summed E-state index contributed by atoms with van der Waals surface area (Å²) in [5.74, 6) is 0.921. The number of piperidine rings is 2. The molecule has 1 aromatic rings. The van der Waals surface area contributed by atoms with Gasteiger partial charge in [0.1, 0.15) is 5.75 Å². The zero-order valence-corrected chi connectivity index (χ0v) is 15.6. The minimum atomic E-state index is 0.143. The van der Waals surface area contributed by atoms with Crippen molar-refractivity contribution in [1.82, 2.24) is 9.80 Å². The number of likely N-dealkylation sites (tertiary alicyclic amines) is 2. The third-order valence-electron chi connectivity index (χ3n) is 5.56. The molecule has 2 aliphatic rings. The summed E-state index contributed by atoms with van der Waals surface area (Å²) in [4.78, 5) is 17.3. The number of hydrogen-bond acceptors (Lipinski definition) is 3. The van der Waals surface area contributed by atoms with Gasteiger partial charge in [-0.2, -0.15) is 0 Å². The molecule has 0 spiro atoms. The van der Waals surface area contributed by atoms with Crippen molar-refractivity contribution in [3.05, 3.63) is 29.8 Å². The fourth-order valence-corrected chi connectivity index (χ4v) is 4.01. The Kier molecular flexibility index (Phi) is 6.74. The molecule has 0 N–H and O–H groups in total. The van der Waals surface area contributed by atoms with Crippen molar-refractivity contribution in [2.24, 2.45) is 0 Å². The van der Waals surface area contributed by atoms with Crippen molar-refractivity contribution < 1.29 is 9.53 Å². The molecule has 0 aliphatic carbocycles. The van der Waals surface area contributed by atoms with Gasteiger partial charge in [-0.1, -0.05) is 24.1 Å². The van der Waals surface area contributed by atoms with E-state index in [2.05, 4.69) is 16.7 Å². The Bertz CT molecular complexity index is 537. The van der Waals surface area contributed by atoms with Crippen LogP contribution in [0.2, 0.25) is 0 Å². The van der Waals surface area contributed by atoms with Gasteiger partial charge in [0.2, 0.25) is 0 Å². The topological polar surface area (TPSA) is 32.8 Å². The van der Waals surface area contributed by atoms with E-state index in [0.717, 1.165) is 38.1 Å². The zero-order chi connectivity index (χ0) is 17.5. The average Bonchev–Trinajstić information content (AvgIpc) is 2.67. The lowest BCUT2D eigenvalue weighted by Gasteiger charge is -2.37. The summed E-state index contributed by atoms with van der Waals surface area (Å²) in [5.41, 5.74) is 1.20. The number of carbonyl (C=O) groups is 1. The molecular formula is C21H32N2O2. The maximum absolute atomic E-state index is 12.7. The highest BCUT2D eigenvalue weighted by Gasteiger charge is 2.27. The normalized spacial score (nSPS) is 22.0. The largest absolute Gasteiger partial charge is 0.484 e. The summed E-state index contributed by atoms with van der Waals surface area (Å²) in [6.45, 7) is 6.70. The van der Waals surface area contributed by atoms with Crippen molar-refractivity contribution in [2.75, 3.05) is 32.8 Å². The van der Waals surface area contributed by atoms with Crippen LogP contribution in [-0.4, -0.2) is 54.5 Å². The maximum Gasteiger partial charge on any atom is 0.260 e. The average molecular weight is 344 g/mol. The lowest BCUT2D eigenvalue weighted by atomic mass is 9.98. The number of rotatable bonds is 6. The van der Waals surface area contributed by atoms with E-state index >= 15 is 0 Å². The summed E-state index contributed by atoms with van der Waals surface area (Å²) >= 11 is 0. The van der Waals surface area contributed by atoms with Crippen molar-refractivity contribution >= 4 is 5.91 Å². The van der Waals surface area contributed by atoms with E-state index in [-0.39, 0.29) is 12.5 Å². The number of hydrogen-bond donors (Lipinski definition) is 0. The Morgan fingerprint density at radius 3 is 2.52 bits per heavy atom. The number of nitrogens with zero attached hydrogens (tertiary/aromatic N) is 2. The van der Waals surface area contributed by atoms with Gasteiger partial charge in [-0.05, 0) is 70.7 Å². The summed E-state index contributed by atoms with van der Waals surface area (Å²) in [6.07, 6.45) is 8.65. The van der Waals surface area contributed by atoms with Crippen molar-refractivity contribution in [1.29, 1.82) is 0 Å². The van der Waals surface area contributed by atoms with Gasteiger partial charge in [0, 0.05) is 19.1 Å². The predicted molar refractivity (Wildman–Crippen MR) is 101 cm³/mol. The van der Waals surface area contributed by atoms with E-state index in [1.54, 1.807) is 0 Å². The molecule has 2 saturated heterocycles. The summed E-state index contributed by atoms with van der Waals surface area (Å²) in [5, 5.41) is 0. The molecule has 138 valence electrons. The molecule has 1 atom stereocenters. The van der Waals surface area contributed by atoms with E-state index in [1.807, 2.05) is 24.3 Å². The van der Waals surface area contributed by atoms with Crippen molar-refractivity contribution in [2.45, 2.75) is 57.9 Å². The second-order valence-corrected chi connectivity index (χ2v) is 7.53. The van der Waals surface area contributed by atoms with Gasteiger partial charge in [0.15, 0.2) is 6.61 Å². The molecule has 0 unspecified atom stereocenters. The third kappa shape index (κ3) is 5.46. The van der Waals surface area contributed by atoms with Gasteiger partial charge >= 0.3 is 0 Å².